The van der Waals surface area contributed by atoms with Gasteiger partial charge in [-0.3, -0.25) is 4.21 Å². The monoisotopic (exact) mass is 194 g/mol. The molecular formula is C6H18OSSi2. The van der Waals surface area contributed by atoms with Crippen LogP contribution in [-0.2, 0) is 9.70 Å². The van der Waals surface area contributed by atoms with Crippen molar-refractivity contribution < 1.29 is 4.21 Å². The molecule has 0 unspecified atom stereocenters. The maximum absolute atomic E-state index is 11.7. The molecule has 0 bridgehead atoms. The van der Waals surface area contributed by atoms with Gasteiger partial charge in [-0.2, -0.15) is 0 Å². The molecule has 10 heavy (non-hydrogen) atoms. The summed E-state index contributed by atoms with van der Waals surface area (Å²) in [6.07, 6.45) is 0. The molecule has 4 heteroatoms. The van der Waals surface area contributed by atoms with Gasteiger partial charge in [0.2, 0.25) is 0 Å². The molecule has 0 aromatic carbocycles. The molecule has 0 saturated heterocycles. The summed E-state index contributed by atoms with van der Waals surface area (Å²) in [5.41, 5.74) is 0. The van der Waals surface area contributed by atoms with E-state index in [9.17, 15) is 4.21 Å². The molecule has 62 valence electrons. The Morgan fingerprint density at radius 3 is 1.00 bits per heavy atom. The van der Waals surface area contributed by atoms with Crippen LogP contribution >= 0.6 is 0 Å². The number of hydrogen-bond acceptors (Lipinski definition) is 1. The maximum atomic E-state index is 11.7. The molecule has 0 saturated carbocycles. The molecular weight excluding hydrogens is 176 g/mol. The van der Waals surface area contributed by atoms with Gasteiger partial charge in [0.05, 0.1) is 0 Å². The van der Waals surface area contributed by atoms with Gasteiger partial charge in [0.1, 0.15) is 14.4 Å². The van der Waals surface area contributed by atoms with Crippen molar-refractivity contribution in [2.45, 2.75) is 39.3 Å². The fourth-order valence-electron chi connectivity index (χ4n) is 0.919. The molecule has 0 aromatic heterocycles. The first kappa shape index (κ1) is 10.6. The van der Waals surface area contributed by atoms with E-state index in [0.717, 1.165) is 0 Å². The normalized spacial score (nSPS) is 14.3. The highest BCUT2D eigenvalue weighted by Crippen LogP contribution is 2.17. The van der Waals surface area contributed by atoms with Gasteiger partial charge in [0, 0.05) is 0 Å². The first-order valence-electron chi connectivity index (χ1n) is 3.57. The van der Waals surface area contributed by atoms with Crippen LogP contribution in [0.5, 0.6) is 0 Å². The van der Waals surface area contributed by atoms with Gasteiger partial charge in [-0.1, -0.05) is 39.3 Å². The van der Waals surface area contributed by atoms with E-state index in [2.05, 4.69) is 39.3 Å². The Labute approximate surface area is 68.0 Å². The van der Waals surface area contributed by atoms with Crippen molar-refractivity contribution in [3.05, 3.63) is 0 Å². The van der Waals surface area contributed by atoms with Crippen LogP contribution in [0.1, 0.15) is 0 Å². The first-order chi connectivity index (χ1) is 4.15. The summed E-state index contributed by atoms with van der Waals surface area (Å²) >= 11 is 0. The van der Waals surface area contributed by atoms with Crippen molar-refractivity contribution in [2.75, 3.05) is 0 Å². The Bertz CT molecular complexity index is 127. The Hall–Kier alpha value is 0.584. The molecule has 0 atom stereocenters. The van der Waals surface area contributed by atoms with Gasteiger partial charge in [0.15, 0.2) is 0 Å². The summed E-state index contributed by atoms with van der Waals surface area (Å²) in [5.74, 6) is 0. The average Bonchev–Trinajstić information content (AvgIpc) is 1.59. The molecule has 1 nitrogen and oxygen atoms in total. The lowest BCUT2D eigenvalue weighted by molar-refractivity contribution is 0.695. The molecule has 0 aromatic rings. The Morgan fingerprint density at radius 1 is 0.800 bits per heavy atom. The van der Waals surface area contributed by atoms with Gasteiger partial charge in [-0.25, -0.2) is 0 Å². The Balaban J connectivity index is 4.40. The summed E-state index contributed by atoms with van der Waals surface area (Å²) < 4.78 is 11.7. The van der Waals surface area contributed by atoms with Crippen LogP contribution in [-0.4, -0.2) is 18.7 Å². The predicted octanol–water partition coefficient (Wildman–Crippen LogP) is 2.40. The highest BCUT2D eigenvalue weighted by atomic mass is 32.6. The minimum Gasteiger partial charge on any atom is -0.273 e. The van der Waals surface area contributed by atoms with E-state index in [1.54, 1.807) is 0 Å². The summed E-state index contributed by atoms with van der Waals surface area (Å²) in [7, 11) is -3.20. The summed E-state index contributed by atoms with van der Waals surface area (Å²) in [4.78, 5) is 0. The fraction of sp³-hybridized carbons (Fsp3) is 1.00. The highest BCUT2D eigenvalue weighted by Gasteiger charge is 2.33. The molecule has 0 N–H and O–H groups in total. The molecule has 0 amide bonds. The van der Waals surface area contributed by atoms with Gasteiger partial charge < -0.3 is 0 Å². The van der Waals surface area contributed by atoms with Crippen LogP contribution in [0, 0.1) is 0 Å². The summed E-state index contributed by atoms with van der Waals surface area (Å²) in [6.45, 7) is 13.1. The van der Waals surface area contributed by atoms with Gasteiger partial charge in [-0.05, 0) is 9.70 Å². The van der Waals surface area contributed by atoms with Crippen molar-refractivity contribution in [3.8, 4) is 0 Å². The predicted molar refractivity (Wildman–Crippen MR) is 54.8 cm³/mol. The fourth-order valence-corrected chi connectivity index (χ4v) is 24.8. The number of rotatable bonds is 2. The highest BCUT2D eigenvalue weighted by molar-refractivity contribution is 8.38. The van der Waals surface area contributed by atoms with Crippen molar-refractivity contribution >= 4 is 24.1 Å². The van der Waals surface area contributed by atoms with Crippen LogP contribution in [0.15, 0.2) is 0 Å². The molecule has 0 fully saturated rings. The van der Waals surface area contributed by atoms with Crippen LogP contribution in [0.3, 0.4) is 0 Å². The van der Waals surface area contributed by atoms with Crippen molar-refractivity contribution in [1.82, 2.24) is 0 Å². The third-order valence-electron chi connectivity index (χ3n) is 1.11. The van der Waals surface area contributed by atoms with E-state index < -0.39 is 24.1 Å². The molecule has 0 aliphatic rings. The minimum atomic E-state index is -1.36. The van der Waals surface area contributed by atoms with Gasteiger partial charge >= 0.3 is 0 Å². The lowest BCUT2D eigenvalue weighted by Gasteiger charge is -2.25. The van der Waals surface area contributed by atoms with Crippen molar-refractivity contribution in [1.29, 1.82) is 0 Å². The standard InChI is InChI=1S/C6H18OSSi2/c1-9(2,3)8(7)10(4,5)6/h1-6H3. The molecule has 0 rings (SSSR count). The first-order valence-corrected chi connectivity index (χ1v) is 13.2. The zero-order valence-electron chi connectivity index (χ0n) is 7.82. The molecule has 0 aliphatic heterocycles. The Morgan fingerprint density at radius 2 is 1.00 bits per heavy atom. The van der Waals surface area contributed by atoms with Crippen molar-refractivity contribution in [2.24, 2.45) is 0 Å². The summed E-state index contributed by atoms with van der Waals surface area (Å²) in [6, 6.07) is 0. The van der Waals surface area contributed by atoms with Gasteiger partial charge in [0.25, 0.3) is 0 Å². The van der Waals surface area contributed by atoms with E-state index in [1.807, 2.05) is 0 Å². The SMILES string of the molecule is C[Si](C)(C)S(=O)[Si](C)(C)C. The van der Waals surface area contributed by atoms with Crippen LogP contribution < -0.4 is 0 Å². The van der Waals surface area contributed by atoms with E-state index in [1.165, 1.54) is 0 Å². The average molecular weight is 194 g/mol. The molecule has 0 aliphatic carbocycles. The zero-order valence-corrected chi connectivity index (χ0v) is 10.6. The third kappa shape index (κ3) is 3.12. The van der Waals surface area contributed by atoms with E-state index in [4.69, 9.17) is 0 Å². The van der Waals surface area contributed by atoms with Crippen LogP contribution in [0.2, 0.25) is 39.3 Å². The lowest BCUT2D eigenvalue weighted by atomic mass is 11.8. The molecule has 0 radical (unpaired) electrons. The molecule has 0 heterocycles. The summed E-state index contributed by atoms with van der Waals surface area (Å²) in [5, 5.41) is 0. The lowest BCUT2D eigenvalue weighted by Crippen LogP contribution is -2.43. The van der Waals surface area contributed by atoms with E-state index in [-0.39, 0.29) is 0 Å². The largest absolute Gasteiger partial charge is 0.273 e. The smallest absolute Gasteiger partial charge is 0.141 e. The van der Waals surface area contributed by atoms with Crippen LogP contribution in [0.4, 0.5) is 0 Å². The third-order valence-corrected chi connectivity index (χ3v) is 21.0. The second-order valence-electron chi connectivity index (χ2n) is 4.49. The maximum Gasteiger partial charge on any atom is 0.141 e. The second kappa shape index (κ2) is 2.91. The number of hydrogen-bond donors (Lipinski definition) is 0. The van der Waals surface area contributed by atoms with Gasteiger partial charge in [-0.15, -0.1) is 0 Å². The quantitative estimate of drug-likeness (QED) is 0.617. The topological polar surface area (TPSA) is 17.1 Å². The van der Waals surface area contributed by atoms with Crippen molar-refractivity contribution in [3.63, 3.8) is 0 Å². The molecule has 0 spiro atoms. The zero-order chi connectivity index (χ0) is 8.58. The van der Waals surface area contributed by atoms with E-state index >= 15 is 0 Å². The Kier molecular flexibility index (Phi) is 3.08. The van der Waals surface area contributed by atoms with E-state index in [0.29, 0.717) is 0 Å². The second-order valence-corrected chi connectivity index (χ2v) is 24.3. The van der Waals surface area contributed by atoms with Crippen LogP contribution in [0.25, 0.3) is 0 Å². The minimum absolute atomic E-state index is 0.477.